The molecule has 0 fully saturated rings. The van der Waals surface area contributed by atoms with Crippen LogP contribution in [0.1, 0.15) is 12.5 Å². The second kappa shape index (κ2) is 5.98. The van der Waals surface area contributed by atoms with Crippen molar-refractivity contribution in [1.82, 2.24) is 0 Å². The number of benzene rings is 1. The van der Waals surface area contributed by atoms with Gasteiger partial charge in [0.15, 0.2) is 6.10 Å². The predicted octanol–water partition coefficient (Wildman–Crippen LogP) is 1.62. The first-order valence-corrected chi connectivity index (χ1v) is 4.82. The highest BCUT2D eigenvalue weighted by Gasteiger charge is 2.11. The van der Waals surface area contributed by atoms with Crippen molar-refractivity contribution in [2.75, 3.05) is 6.61 Å². The molecule has 0 spiro atoms. The van der Waals surface area contributed by atoms with E-state index in [9.17, 15) is 9.90 Å². The van der Waals surface area contributed by atoms with Gasteiger partial charge in [0.2, 0.25) is 0 Å². The molecule has 1 atom stereocenters. The Hall–Kier alpha value is -1.61. The van der Waals surface area contributed by atoms with E-state index in [1.54, 1.807) is 13.0 Å². The summed E-state index contributed by atoms with van der Waals surface area (Å²) in [5.41, 5.74) is 0.931. The van der Waals surface area contributed by atoms with Crippen LogP contribution in [0.5, 0.6) is 0 Å². The van der Waals surface area contributed by atoms with Crippen molar-refractivity contribution in [3.8, 4) is 0 Å². The van der Waals surface area contributed by atoms with Crippen LogP contribution in [0.3, 0.4) is 0 Å². The van der Waals surface area contributed by atoms with Crippen LogP contribution in [0.2, 0.25) is 0 Å². The molecule has 3 heteroatoms. The lowest BCUT2D eigenvalue weighted by Crippen LogP contribution is -2.20. The smallest absolute Gasteiger partial charge is 0.339 e. The largest absolute Gasteiger partial charge is 0.464 e. The second-order valence-corrected chi connectivity index (χ2v) is 2.97. The summed E-state index contributed by atoms with van der Waals surface area (Å²) in [5.74, 6) is -0.621. The Kier molecular flexibility index (Phi) is 4.57. The molecule has 0 aromatic heterocycles. The molecule has 1 N–H and O–H groups in total. The van der Waals surface area contributed by atoms with Crippen molar-refractivity contribution in [3.63, 3.8) is 0 Å². The summed E-state index contributed by atoms with van der Waals surface area (Å²) in [5, 5.41) is 9.35. The average Bonchev–Trinajstić information content (AvgIpc) is 2.27. The number of rotatable bonds is 4. The van der Waals surface area contributed by atoms with Crippen molar-refractivity contribution in [3.05, 3.63) is 42.0 Å². The van der Waals surface area contributed by atoms with Crippen molar-refractivity contribution >= 4 is 12.0 Å². The summed E-state index contributed by atoms with van der Waals surface area (Å²) < 4.78 is 4.65. The molecule has 1 aromatic carbocycles. The third-order valence-electron chi connectivity index (χ3n) is 1.80. The molecule has 0 saturated carbocycles. The Morgan fingerprint density at radius 1 is 1.47 bits per heavy atom. The molecule has 0 aliphatic carbocycles. The number of aliphatic hydroxyl groups is 1. The van der Waals surface area contributed by atoms with Crippen LogP contribution in [0.15, 0.2) is 36.4 Å². The molecule has 0 saturated heterocycles. The second-order valence-electron chi connectivity index (χ2n) is 2.97. The van der Waals surface area contributed by atoms with Gasteiger partial charge < -0.3 is 9.84 Å². The SMILES string of the molecule is CCOC(=O)C(O)/C=C/c1ccccc1. The number of aliphatic hydroxyl groups excluding tert-OH is 1. The van der Waals surface area contributed by atoms with Gasteiger partial charge in [0.1, 0.15) is 0 Å². The van der Waals surface area contributed by atoms with Gasteiger partial charge in [-0.25, -0.2) is 4.79 Å². The van der Waals surface area contributed by atoms with Gasteiger partial charge in [-0.3, -0.25) is 0 Å². The minimum atomic E-state index is -1.19. The quantitative estimate of drug-likeness (QED) is 0.761. The molecule has 0 radical (unpaired) electrons. The van der Waals surface area contributed by atoms with E-state index in [2.05, 4.69) is 4.74 Å². The van der Waals surface area contributed by atoms with E-state index < -0.39 is 12.1 Å². The van der Waals surface area contributed by atoms with E-state index in [1.807, 2.05) is 30.3 Å². The van der Waals surface area contributed by atoms with E-state index >= 15 is 0 Å². The van der Waals surface area contributed by atoms with E-state index in [4.69, 9.17) is 0 Å². The summed E-state index contributed by atoms with van der Waals surface area (Å²) in [6.07, 6.45) is 1.90. The average molecular weight is 206 g/mol. The van der Waals surface area contributed by atoms with Crippen LogP contribution >= 0.6 is 0 Å². The molecule has 0 amide bonds. The monoisotopic (exact) mass is 206 g/mol. The van der Waals surface area contributed by atoms with Gasteiger partial charge >= 0.3 is 5.97 Å². The summed E-state index contributed by atoms with van der Waals surface area (Å²) in [6, 6.07) is 9.44. The van der Waals surface area contributed by atoms with Gasteiger partial charge in [-0.2, -0.15) is 0 Å². The maximum atomic E-state index is 11.0. The summed E-state index contributed by atoms with van der Waals surface area (Å²) in [4.78, 5) is 11.0. The van der Waals surface area contributed by atoms with Crippen LogP contribution < -0.4 is 0 Å². The maximum Gasteiger partial charge on any atom is 0.339 e. The van der Waals surface area contributed by atoms with Crippen LogP contribution in [-0.4, -0.2) is 23.8 Å². The molecular weight excluding hydrogens is 192 g/mol. The third-order valence-corrected chi connectivity index (χ3v) is 1.80. The summed E-state index contributed by atoms with van der Waals surface area (Å²) >= 11 is 0. The first-order chi connectivity index (χ1) is 7.24. The predicted molar refractivity (Wildman–Crippen MR) is 58.1 cm³/mol. The van der Waals surface area contributed by atoms with Gasteiger partial charge in [-0.05, 0) is 18.6 Å². The molecular formula is C12H14O3. The van der Waals surface area contributed by atoms with Crippen molar-refractivity contribution in [2.24, 2.45) is 0 Å². The van der Waals surface area contributed by atoms with Crippen LogP contribution in [-0.2, 0) is 9.53 Å². The molecule has 1 aromatic rings. The number of carbonyl (C=O) groups is 1. The standard InChI is InChI=1S/C12H14O3/c1-2-15-12(14)11(13)9-8-10-6-4-3-5-7-10/h3-9,11,13H,2H2,1H3/b9-8+. The van der Waals surface area contributed by atoms with Gasteiger partial charge in [-0.15, -0.1) is 0 Å². The highest BCUT2D eigenvalue weighted by molar-refractivity contribution is 5.77. The van der Waals surface area contributed by atoms with E-state index in [0.29, 0.717) is 0 Å². The molecule has 15 heavy (non-hydrogen) atoms. The van der Waals surface area contributed by atoms with E-state index in [0.717, 1.165) is 5.56 Å². The molecule has 0 aliphatic rings. The summed E-state index contributed by atoms with van der Waals surface area (Å²) in [6.45, 7) is 1.97. The molecule has 1 unspecified atom stereocenters. The normalized spacial score (nSPS) is 12.7. The number of hydrogen-bond acceptors (Lipinski definition) is 3. The number of ether oxygens (including phenoxy) is 1. The van der Waals surface area contributed by atoms with Crippen molar-refractivity contribution < 1.29 is 14.6 Å². The first kappa shape index (κ1) is 11.5. The molecule has 0 heterocycles. The fraction of sp³-hybridized carbons (Fsp3) is 0.250. The zero-order valence-corrected chi connectivity index (χ0v) is 8.59. The first-order valence-electron chi connectivity index (χ1n) is 4.82. The van der Waals surface area contributed by atoms with E-state index in [1.165, 1.54) is 6.08 Å². The highest BCUT2D eigenvalue weighted by Crippen LogP contribution is 2.02. The molecule has 1 rings (SSSR count). The lowest BCUT2D eigenvalue weighted by molar-refractivity contribution is -0.150. The fourth-order valence-electron chi connectivity index (χ4n) is 1.07. The maximum absolute atomic E-state index is 11.0. The highest BCUT2D eigenvalue weighted by atomic mass is 16.5. The van der Waals surface area contributed by atoms with E-state index in [-0.39, 0.29) is 6.61 Å². The number of esters is 1. The zero-order chi connectivity index (χ0) is 11.1. The summed E-state index contributed by atoms with van der Waals surface area (Å²) in [7, 11) is 0. The van der Waals surface area contributed by atoms with Crippen LogP contribution in [0.25, 0.3) is 6.08 Å². The Morgan fingerprint density at radius 2 is 2.13 bits per heavy atom. The third kappa shape index (κ3) is 3.95. The number of carbonyl (C=O) groups excluding carboxylic acids is 1. The molecule has 0 bridgehead atoms. The fourth-order valence-corrected chi connectivity index (χ4v) is 1.07. The van der Waals surface area contributed by atoms with Gasteiger partial charge in [0, 0.05) is 0 Å². The van der Waals surface area contributed by atoms with Crippen LogP contribution in [0, 0.1) is 0 Å². The lowest BCUT2D eigenvalue weighted by Gasteiger charge is -2.04. The number of hydrogen-bond donors (Lipinski definition) is 1. The van der Waals surface area contributed by atoms with Crippen LogP contribution in [0.4, 0.5) is 0 Å². The molecule has 3 nitrogen and oxygen atoms in total. The minimum Gasteiger partial charge on any atom is -0.464 e. The Labute approximate surface area is 89.0 Å². The minimum absolute atomic E-state index is 0.273. The van der Waals surface area contributed by atoms with Gasteiger partial charge in [0.05, 0.1) is 6.61 Å². The van der Waals surface area contributed by atoms with Gasteiger partial charge in [0.25, 0.3) is 0 Å². The topological polar surface area (TPSA) is 46.5 Å². The molecule has 0 aliphatic heterocycles. The zero-order valence-electron chi connectivity index (χ0n) is 8.59. The Balaban J connectivity index is 2.54. The van der Waals surface area contributed by atoms with Crippen molar-refractivity contribution in [2.45, 2.75) is 13.0 Å². The Bertz CT molecular complexity index is 330. The van der Waals surface area contributed by atoms with Crippen molar-refractivity contribution in [1.29, 1.82) is 0 Å². The van der Waals surface area contributed by atoms with Gasteiger partial charge in [-0.1, -0.05) is 36.4 Å². The lowest BCUT2D eigenvalue weighted by atomic mass is 10.2. The molecule has 80 valence electrons. The Morgan fingerprint density at radius 3 is 2.73 bits per heavy atom.